The second-order valence-electron chi connectivity index (χ2n) is 4.99. The van der Waals surface area contributed by atoms with Crippen LogP contribution in [0.25, 0.3) is 0 Å². The van der Waals surface area contributed by atoms with Gasteiger partial charge in [0.15, 0.2) is 0 Å². The van der Waals surface area contributed by atoms with Gasteiger partial charge in [0.1, 0.15) is 5.03 Å². The Kier molecular flexibility index (Phi) is 8.02. The van der Waals surface area contributed by atoms with Crippen LogP contribution < -0.4 is 5.32 Å². The Balaban J connectivity index is 2.15. The van der Waals surface area contributed by atoms with Gasteiger partial charge in [0.05, 0.1) is 12.8 Å². The molecule has 1 aromatic rings. The largest absolute Gasteiger partial charge is 0.394 e. The van der Waals surface area contributed by atoms with Crippen LogP contribution in [0.4, 0.5) is 0 Å². The quantitative estimate of drug-likeness (QED) is 0.510. The zero-order valence-corrected chi connectivity index (χ0v) is 12.7. The summed E-state index contributed by atoms with van der Waals surface area (Å²) in [5.74, 6) is 1.05. The molecule has 19 heavy (non-hydrogen) atoms. The van der Waals surface area contributed by atoms with Crippen molar-refractivity contribution in [3.8, 4) is 0 Å². The number of aliphatic hydroxyl groups is 1. The molecule has 0 bridgehead atoms. The Hall–Kier alpha value is -0.650. The maximum absolute atomic E-state index is 9.46. The van der Waals surface area contributed by atoms with Gasteiger partial charge < -0.3 is 10.4 Å². The molecule has 1 atom stereocenters. The molecular weight excluding hydrogens is 258 g/mol. The van der Waals surface area contributed by atoms with Crippen LogP contribution in [0.1, 0.15) is 39.5 Å². The molecule has 0 aliphatic carbocycles. The van der Waals surface area contributed by atoms with E-state index in [0.717, 1.165) is 43.0 Å². The number of hydrogen-bond donors (Lipinski definition) is 2. The average molecular weight is 283 g/mol. The maximum Gasteiger partial charge on any atom is 0.114 e. The molecule has 5 heteroatoms. The molecule has 0 aromatic carbocycles. The number of unbranched alkanes of at least 4 members (excludes halogenated alkanes) is 1. The van der Waals surface area contributed by atoms with Gasteiger partial charge in [0, 0.05) is 17.9 Å². The van der Waals surface area contributed by atoms with E-state index < -0.39 is 0 Å². The average Bonchev–Trinajstić information content (AvgIpc) is 2.46. The first-order chi connectivity index (χ1) is 9.20. The van der Waals surface area contributed by atoms with E-state index >= 15 is 0 Å². The third-order valence-corrected chi connectivity index (χ3v) is 4.06. The number of thioether (sulfide) groups is 1. The molecule has 1 aromatic heterocycles. The fraction of sp³-hybridized carbons (Fsp3) is 0.714. The normalized spacial score (nSPS) is 14.3. The van der Waals surface area contributed by atoms with Crippen LogP contribution in [0.5, 0.6) is 0 Å². The first-order valence-corrected chi connectivity index (χ1v) is 7.93. The van der Waals surface area contributed by atoms with Crippen LogP contribution in [0.15, 0.2) is 23.6 Å². The Bertz CT molecular complexity index is 337. The van der Waals surface area contributed by atoms with Crippen LogP contribution in [0, 0.1) is 0 Å². The van der Waals surface area contributed by atoms with Crippen molar-refractivity contribution in [1.82, 2.24) is 15.3 Å². The van der Waals surface area contributed by atoms with E-state index in [0.29, 0.717) is 0 Å². The predicted molar refractivity (Wildman–Crippen MR) is 80.4 cm³/mol. The second kappa shape index (κ2) is 9.28. The Morgan fingerprint density at radius 1 is 1.37 bits per heavy atom. The molecule has 4 nitrogen and oxygen atoms in total. The minimum absolute atomic E-state index is 0.132. The summed E-state index contributed by atoms with van der Waals surface area (Å²) < 4.78 is 0. The van der Waals surface area contributed by atoms with Crippen LogP contribution in [0.2, 0.25) is 0 Å². The van der Waals surface area contributed by atoms with E-state index in [1.807, 2.05) is 0 Å². The molecule has 0 aliphatic heterocycles. The van der Waals surface area contributed by atoms with E-state index in [-0.39, 0.29) is 12.1 Å². The van der Waals surface area contributed by atoms with Crippen molar-refractivity contribution in [3.63, 3.8) is 0 Å². The monoisotopic (exact) mass is 283 g/mol. The van der Waals surface area contributed by atoms with Gasteiger partial charge in [-0.05, 0) is 38.5 Å². The molecule has 0 saturated heterocycles. The number of aliphatic hydroxyl groups excluding tert-OH is 1. The highest BCUT2D eigenvalue weighted by molar-refractivity contribution is 7.99. The lowest BCUT2D eigenvalue weighted by Crippen LogP contribution is -2.46. The lowest BCUT2D eigenvalue weighted by atomic mass is 9.96. The summed E-state index contributed by atoms with van der Waals surface area (Å²) in [5.41, 5.74) is -0.132. The van der Waals surface area contributed by atoms with Crippen molar-refractivity contribution in [2.75, 3.05) is 18.9 Å². The molecule has 108 valence electrons. The zero-order chi connectivity index (χ0) is 14.0. The summed E-state index contributed by atoms with van der Waals surface area (Å²) in [5, 5.41) is 13.9. The maximum atomic E-state index is 9.46. The van der Waals surface area contributed by atoms with Crippen LogP contribution in [-0.2, 0) is 0 Å². The molecule has 1 rings (SSSR count). The summed E-state index contributed by atoms with van der Waals surface area (Å²) in [6, 6.07) is 0. The Labute approximate surface area is 120 Å². The van der Waals surface area contributed by atoms with Gasteiger partial charge in [-0.2, -0.15) is 0 Å². The third-order valence-electron chi connectivity index (χ3n) is 3.06. The predicted octanol–water partition coefficient (Wildman–Crippen LogP) is 2.49. The lowest BCUT2D eigenvalue weighted by molar-refractivity contribution is 0.163. The lowest BCUT2D eigenvalue weighted by Gasteiger charge is -2.28. The second-order valence-corrected chi connectivity index (χ2v) is 6.11. The van der Waals surface area contributed by atoms with Gasteiger partial charge in [0.2, 0.25) is 0 Å². The molecule has 0 fully saturated rings. The molecule has 0 spiro atoms. The molecule has 0 aliphatic rings. The first-order valence-electron chi connectivity index (χ1n) is 6.95. The Morgan fingerprint density at radius 3 is 2.84 bits per heavy atom. The number of rotatable bonds is 10. The van der Waals surface area contributed by atoms with Crippen molar-refractivity contribution in [3.05, 3.63) is 18.6 Å². The summed E-state index contributed by atoms with van der Waals surface area (Å²) in [4.78, 5) is 8.27. The zero-order valence-electron chi connectivity index (χ0n) is 11.9. The number of hydrogen-bond acceptors (Lipinski definition) is 5. The van der Waals surface area contributed by atoms with E-state index in [9.17, 15) is 5.11 Å². The fourth-order valence-electron chi connectivity index (χ4n) is 1.80. The molecule has 2 N–H and O–H groups in total. The van der Waals surface area contributed by atoms with Gasteiger partial charge in [-0.15, -0.1) is 11.8 Å². The molecule has 0 saturated carbocycles. The highest BCUT2D eigenvalue weighted by atomic mass is 32.2. The topological polar surface area (TPSA) is 58.0 Å². The van der Waals surface area contributed by atoms with E-state index in [4.69, 9.17) is 0 Å². The van der Waals surface area contributed by atoms with Gasteiger partial charge in [-0.3, -0.25) is 4.98 Å². The summed E-state index contributed by atoms with van der Waals surface area (Å²) in [6.45, 7) is 5.40. The van der Waals surface area contributed by atoms with Gasteiger partial charge in [-0.1, -0.05) is 13.3 Å². The van der Waals surface area contributed by atoms with Gasteiger partial charge >= 0.3 is 0 Å². The van der Waals surface area contributed by atoms with Crippen molar-refractivity contribution >= 4 is 11.8 Å². The highest BCUT2D eigenvalue weighted by Gasteiger charge is 2.21. The van der Waals surface area contributed by atoms with E-state index in [1.54, 1.807) is 30.4 Å². The van der Waals surface area contributed by atoms with Crippen molar-refractivity contribution in [1.29, 1.82) is 0 Å². The van der Waals surface area contributed by atoms with Crippen LogP contribution >= 0.6 is 11.8 Å². The van der Waals surface area contributed by atoms with Gasteiger partial charge in [0.25, 0.3) is 0 Å². The molecule has 0 amide bonds. The SMILES string of the molecule is CCCNC(C)(CO)CCCCSc1cnccn1. The van der Waals surface area contributed by atoms with Crippen molar-refractivity contribution < 1.29 is 5.11 Å². The number of nitrogens with one attached hydrogen (secondary N) is 1. The first kappa shape index (κ1) is 16.4. The standard InChI is InChI=1S/C14H25N3OS/c1-3-7-17-14(2,12-18)6-4-5-10-19-13-11-15-8-9-16-13/h8-9,11,17-18H,3-7,10,12H2,1-2H3. The van der Waals surface area contributed by atoms with E-state index in [1.165, 1.54) is 0 Å². The minimum Gasteiger partial charge on any atom is -0.394 e. The fourth-order valence-corrected chi connectivity index (χ4v) is 2.63. The minimum atomic E-state index is -0.132. The molecule has 0 radical (unpaired) electrons. The third kappa shape index (κ3) is 6.89. The van der Waals surface area contributed by atoms with Crippen LogP contribution in [-0.4, -0.2) is 39.5 Å². The van der Waals surface area contributed by atoms with Crippen molar-refractivity contribution in [2.24, 2.45) is 0 Å². The van der Waals surface area contributed by atoms with E-state index in [2.05, 4.69) is 29.1 Å². The molecule has 1 heterocycles. The highest BCUT2D eigenvalue weighted by Crippen LogP contribution is 2.18. The number of nitrogens with zero attached hydrogens (tertiary/aromatic N) is 2. The Morgan fingerprint density at radius 2 is 2.21 bits per heavy atom. The number of aromatic nitrogens is 2. The summed E-state index contributed by atoms with van der Waals surface area (Å²) >= 11 is 1.74. The van der Waals surface area contributed by atoms with Gasteiger partial charge in [-0.25, -0.2) is 4.98 Å². The smallest absolute Gasteiger partial charge is 0.114 e. The van der Waals surface area contributed by atoms with Crippen LogP contribution in [0.3, 0.4) is 0 Å². The molecular formula is C14H25N3OS. The summed E-state index contributed by atoms with van der Waals surface area (Å²) in [7, 11) is 0. The summed E-state index contributed by atoms with van der Waals surface area (Å²) in [6.07, 6.45) is 9.55. The van der Waals surface area contributed by atoms with Crippen molar-refractivity contribution in [2.45, 2.75) is 50.1 Å². The molecule has 1 unspecified atom stereocenters.